The lowest BCUT2D eigenvalue weighted by molar-refractivity contribution is -0.143. The summed E-state index contributed by atoms with van der Waals surface area (Å²) in [6.07, 6.45) is 0.554. The van der Waals surface area contributed by atoms with Gasteiger partial charge >= 0.3 is 5.97 Å². The highest BCUT2D eigenvalue weighted by atomic mass is 16.5. The molecule has 1 fully saturated rings. The zero-order valence-electron chi connectivity index (χ0n) is 14.2. The van der Waals surface area contributed by atoms with Crippen LogP contribution in [-0.2, 0) is 16.0 Å². The van der Waals surface area contributed by atoms with Crippen LogP contribution in [-0.4, -0.2) is 42.1 Å². The maximum Gasteiger partial charge on any atom is 0.308 e. The Bertz CT molecular complexity index is 596. The molecule has 23 heavy (non-hydrogen) atoms. The first-order chi connectivity index (χ1) is 10.8. The molecule has 1 heterocycles. The van der Waals surface area contributed by atoms with Gasteiger partial charge in [0.2, 0.25) is 5.91 Å². The van der Waals surface area contributed by atoms with E-state index in [4.69, 9.17) is 4.74 Å². The maximum atomic E-state index is 12.9. The number of benzene rings is 1. The van der Waals surface area contributed by atoms with Crippen molar-refractivity contribution in [2.75, 3.05) is 20.2 Å². The molecule has 0 unspecified atom stereocenters. The van der Waals surface area contributed by atoms with Crippen molar-refractivity contribution in [3.63, 3.8) is 0 Å². The van der Waals surface area contributed by atoms with Crippen molar-refractivity contribution in [1.29, 1.82) is 0 Å². The summed E-state index contributed by atoms with van der Waals surface area (Å²) in [4.78, 5) is 25.8. The standard InChI is InChI=1S/C18H25NO4/c1-12-10-19(11-14(12)16(20)21)17(22)18(2,3)9-13-7-5-6-8-15(13)23-4/h5-8,12,14H,9-11H2,1-4H3,(H,20,21)/t12-,14-/m1/s1. The molecule has 0 saturated carbocycles. The Kier molecular flexibility index (Phi) is 4.97. The number of amides is 1. The number of carboxylic acid groups (broad SMARTS) is 1. The molecule has 126 valence electrons. The number of carbonyl (C=O) groups is 2. The number of hydrogen-bond acceptors (Lipinski definition) is 3. The summed E-state index contributed by atoms with van der Waals surface area (Å²) < 4.78 is 5.36. The maximum absolute atomic E-state index is 12.9. The van der Waals surface area contributed by atoms with E-state index in [9.17, 15) is 14.7 Å². The predicted octanol–water partition coefficient (Wildman–Crippen LogP) is 2.44. The van der Waals surface area contributed by atoms with E-state index in [-0.39, 0.29) is 11.8 Å². The molecule has 1 aromatic carbocycles. The normalized spacial score (nSPS) is 21.3. The van der Waals surface area contributed by atoms with Crippen LogP contribution in [0.1, 0.15) is 26.3 Å². The fraction of sp³-hybridized carbons (Fsp3) is 0.556. The van der Waals surface area contributed by atoms with Gasteiger partial charge in [0.05, 0.1) is 13.0 Å². The molecule has 0 bridgehead atoms. The molecule has 1 aliphatic heterocycles. The number of hydrogen-bond donors (Lipinski definition) is 1. The molecule has 0 aromatic heterocycles. The predicted molar refractivity (Wildman–Crippen MR) is 87.3 cm³/mol. The van der Waals surface area contributed by atoms with Crippen molar-refractivity contribution in [2.45, 2.75) is 27.2 Å². The minimum Gasteiger partial charge on any atom is -0.496 e. The van der Waals surface area contributed by atoms with Crippen LogP contribution in [0.4, 0.5) is 0 Å². The Morgan fingerprint density at radius 2 is 1.96 bits per heavy atom. The SMILES string of the molecule is COc1ccccc1CC(C)(C)C(=O)N1C[C@@H](C)[C@H](C(=O)O)C1. The number of likely N-dealkylation sites (tertiary alicyclic amines) is 1. The molecule has 1 N–H and O–H groups in total. The Labute approximate surface area is 137 Å². The number of para-hydroxylation sites is 1. The van der Waals surface area contributed by atoms with E-state index in [1.165, 1.54) is 0 Å². The molecule has 2 rings (SSSR count). The zero-order valence-corrected chi connectivity index (χ0v) is 14.2. The van der Waals surface area contributed by atoms with Crippen LogP contribution in [0.5, 0.6) is 5.75 Å². The van der Waals surface area contributed by atoms with Gasteiger partial charge in [0.25, 0.3) is 0 Å². The molecule has 5 heteroatoms. The highest BCUT2D eigenvalue weighted by molar-refractivity contribution is 5.84. The highest BCUT2D eigenvalue weighted by Crippen LogP contribution is 2.32. The third kappa shape index (κ3) is 3.66. The average Bonchev–Trinajstić information content (AvgIpc) is 2.88. The first-order valence-electron chi connectivity index (χ1n) is 7.90. The highest BCUT2D eigenvalue weighted by Gasteiger charge is 2.41. The van der Waals surface area contributed by atoms with Crippen LogP contribution in [0.25, 0.3) is 0 Å². The second-order valence-corrected chi connectivity index (χ2v) is 7.00. The third-order valence-electron chi connectivity index (χ3n) is 4.62. The Hall–Kier alpha value is -2.04. The number of aliphatic carboxylic acids is 1. The quantitative estimate of drug-likeness (QED) is 0.905. The van der Waals surface area contributed by atoms with Crippen LogP contribution >= 0.6 is 0 Å². The van der Waals surface area contributed by atoms with E-state index in [0.29, 0.717) is 19.5 Å². The van der Waals surface area contributed by atoms with Crippen molar-refractivity contribution < 1.29 is 19.4 Å². The lowest BCUT2D eigenvalue weighted by Crippen LogP contribution is -2.41. The van der Waals surface area contributed by atoms with Crippen molar-refractivity contribution >= 4 is 11.9 Å². The summed E-state index contributed by atoms with van der Waals surface area (Å²) >= 11 is 0. The molecule has 0 aliphatic carbocycles. The molecular weight excluding hydrogens is 294 g/mol. The monoisotopic (exact) mass is 319 g/mol. The Morgan fingerprint density at radius 1 is 1.30 bits per heavy atom. The van der Waals surface area contributed by atoms with Crippen LogP contribution in [0.15, 0.2) is 24.3 Å². The molecule has 1 saturated heterocycles. The fourth-order valence-corrected chi connectivity index (χ4v) is 3.28. The van der Waals surface area contributed by atoms with Crippen molar-refractivity contribution in [1.82, 2.24) is 4.90 Å². The number of rotatable bonds is 5. The van der Waals surface area contributed by atoms with E-state index < -0.39 is 17.3 Å². The first kappa shape index (κ1) is 17.3. The number of methoxy groups -OCH3 is 1. The molecule has 1 amide bonds. The first-order valence-corrected chi connectivity index (χ1v) is 7.90. The van der Waals surface area contributed by atoms with Gasteiger partial charge in [0, 0.05) is 18.5 Å². The molecule has 0 radical (unpaired) electrons. The number of carbonyl (C=O) groups excluding carboxylic acids is 1. The van der Waals surface area contributed by atoms with E-state index in [1.54, 1.807) is 12.0 Å². The fourth-order valence-electron chi connectivity index (χ4n) is 3.28. The average molecular weight is 319 g/mol. The van der Waals surface area contributed by atoms with Gasteiger partial charge in [-0.15, -0.1) is 0 Å². The van der Waals surface area contributed by atoms with Gasteiger partial charge in [0.1, 0.15) is 5.75 Å². The second kappa shape index (κ2) is 6.60. The number of ether oxygens (including phenoxy) is 1. The van der Waals surface area contributed by atoms with Gasteiger partial charge in [-0.2, -0.15) is 0 Å². The lowest BCUT2D eigenvalue weighted by atomic mass is 9.84. The van der Waals surface area contributed by atoms with Crippen LogP contribution in [0.2, 0.25) is 0 Å². The van der Waals surface area contributed by atoms with Gasteiger partial charge in [-0.1, -0.05) is 39.0 Å². The van der Waals surface area contributed by atoms with Crippen LogP contribution in [0, 0.1) is 17.3 Å². The van der Waals surface area contributed by atoms with Gasteiger partial charge in [-0.25, -0.2) is 0 Å². The van der Waals surface area contributed by atoms with Crippen molar-refractivity contribution in [3.05, 3.63) is 29.8 Å². The summed E-state index contributed by atoms with van der Waals surface area (Å²) in [5.41, 5.74) is 0.372. The van der Waals surface area contributed by atoms with E-state index in [0.717, 1.165) is 11.3 Å². The van der Waals surface area contributed by atoms with E-state index >= 15 is 0 Å². The number of carboxylic acids is 1. The van der Waals surface area contributed by atoms with Gasteiger partial charge < -0.3 is 14.7 Å². The third-order valence-corrected chi connectivity index (χ3v) is 4.62. The van der Waals surface area contributed by atoms with E-state index in [2.05, 4.69) is 0 Å². The molecule has 5 nitrogen and oxygen atoms in total. The van der Waals surface area contributed by atoms with Crippen molar-refractivity contribution in [3.8, 4) is 5.75 Å². The topological polar surface area (TPSA) is 66.8 Å². The van der Waals surface area contributed by atoms with Crippen LogP contribution < -0.4 is 4.74 Å². The van der Waals surface area contributed by atoms with Crippen molar-refractivity contribution in [2.24, 2.45) is 17.3 Å². The van der Waals surface area contributed by atoms with Gasteiger partial charge in [-0.05, 0) is 24.0 Å². The molecular formula is C18H25NO4. The summed E-state index contributed by atoms with van der Waals surface area (Å²) in [5, 5.41) is 9.24. The largest absolute Gasteiger partial charge is 0.496 e. The summed E-state index contributed by atoms with van der Waals surface area (Å²) in [6, 6.07) is 7.67. The summed E-state index contributed by atoms with van der Waals surface area (Å²) in [5.74, 6) is -0.541. The minimum absolute atomic E-state index is 0.000920. The molecule has 2 atom stereocenters. The van der Waals surface area contributed by atoms with Gasteiger partial charge in [-0.3, -0.25) is 9.59 Å². The lowest BCUT2D eigenvalue weighted by Gasteiger charge is -2.30. The van der Waals surface area contributed by atoms with Crippen LogP contribution in [0.3, 0.4) is 0 Å². The summed E-state index contributed by atoms with van der Waals surface area (Å²) in [7, 11) is 1.62. The second-order valence-electron chi connectivity index (χ2n) is 7.00. The smallest absolute Gasteiger partial charge is 0.308 e. The molecule has 0 spiro atoms. The zero-order chi connectivity index (χ0) is 17.2. The summed E-state index contributed by atoms with van der Waals surface area (Å²) in [6.45, 7) is 6.50. The molecule has 1 aliphatic rings. The molecule has 1 aromatic rings. The Morgan fingerprint density at radius 3 is 2.52 bits per heavy atom. The number of nitrogens with zero attached hydrogens (tertiary/aromatic N) is 1. The minimum atomic E-state index is -0.824. The Balaban J connectivity index is 2.13. The van der Waals surface area contributed by atoms with E-state index in [1.807, 2.05) is 45.0 Å². The van der Waals surface area contributed by atoms with Gasteiger partial charge in [0.15, 0.2) is 0 Å².